The number of hydrogen-bond donors (Lipinski definition) is 1. The van der Waals surface area contributed by atoms with E-state index in [1.54, 1.807) is 16.7 Å². The molecule has 4 nitrogen and oxygen atoms in total. The molecule has 120 valence electrons. The highest BCUT2D eigenvalue weighted by molar-refractivity contribution is 5.92. The van der Waals surface area contributed by atoms with Crippen molar-refractivity contribution in [2.45, 2.75) is 6.42 Å². The molecule has 0 radical (unpaired) electrons. The van der Waals surface area contributed by atoms with Crippen molar-refractivity contribution in [1.82, 2.24) is 4.57 Å². The highest BCUT2D eigenvalue weighted by Gasteiger charge is 2.12. The number of benzene rings is 2. The van der Waals surface area contributed by atoms with E-state index in [0.717, 1.165) is 5.56 Å². The van der Waals surface area contributed by atoms with Crippen molar-refractivity contribution in [1.29, 1.82) is 0 Å². The van der Waals surface area contributed by atoms with Gasteiger partial charge in [0, 0.05) is 30.1 Å². The molecule has 1 aromatic heterocycles. The quantitative estimate of drug-likeness (QED) is 0.802. The van der Waals surface area contributed by atoms with E-state index >= 15 is 0 Å². The molecule has 24 heavy (non-hydrogen) atoms. The average molecular weight is 322 g/mol. The summed E-state index contributed by atoms with van der Waals surface area (Å²) < 4.78 is 14.9. The molecule has 0 bridgehead atoms. The molecule has 0 fully saturated rings. The number of rotatable bonds is 4. The van der Waals surface area contributed by atoms with Crippen molar-refractivity contribution < 1.29 is 9.18 Å². The van der Waals surface area contributed by atoms with Crippen LogP contribution < -0.4 is 11.2 Å². The van der Waals surface area contributed by atoms with Gasteiger partial charge in [0.2, 0.25) is 0 Å². The van der Waals surface area contributed by atoms with Gasteiger partial charge in [0.1, 0.15) is 11.4 Å². The third-order valence-corrected chi connectivity index (χ3v) is 3.73. The van der Waals surface area contributed by atoms with Crippen molar-refractivity contribution >= 4 is 5.91 Å². The Balaban J connectivity index is 2.15. The number of nitrogens with two attached hydrogens (primary N) is 1. The molecule has 5 heteroatoms. The lowest BCUT2D eigenvalue weighted by Crippen LogP contribution is -2.24. The van der Waals surface area contributed by atoms with Gasteiger partial charge in [-0.3, -0.25) is 9.59 Å². The highest BCUT2D eigenvalue weighted by Crippen LogP contribution is 2.16. The van der Waals surface area contributed by atoms with Crippen LogP contribution in [0.1, 0.15) is 21.6 Å². The monoisotopic (exact) mass is 322 g/mol. The molecular weight excluding hydrogens is 307 g/mol. The molecule has 2 N–H and O–H groups in total. The first kappa shape index (κ1) is 15.7. The van der Waals surface area contributed by atoms with E-state index in [1.807, 2.05) is 30.3 Å². The first-order valence-electron chi connectivity index (χ1n) is 7.40. The van der Waals surface area contributed by atoms with E-state index in [4.69, 9.17) is 5.73 Å². The molecule has 0 aliphatic carbocycles. The summed E-state index contributed by atoms with van der Waals surface area (Å²) in [4.78, 5) is 23.6. The number of nitrogens with zero attached hydrogens (tertiary/aromatic N) is 1. The Morgan fingerprint density at radius 2 is 1.71 bits per heavy atom. The van der Waals surface area contributed by atoms with E-state index in [2.05, 4.69) is 0 Å². The molecule has 3 aromatic rings. The van der Waals surface area contributed by atoms with Crippen LogP contribution in [0.2, 0.25) is 0 Å². The number of primary amides is 1. The summed E-state index contributed by atoms with van der Waals surface area (Å²) in [7, 11) is 0. The zero-order valence-corrected chi connectivity index (χ0v) is 12.8. The van der Waals surface area contributed by atoms with E-state index in [1.165, 1.54) is 24.4 Å². The maximum Gasteiger partial charge on any atom is 0.254 e. The average Bonchev–Trinajstić information content (AvgIpc) is 2.57. The molecule has 0 spiro atoms. The van der Waals surface area contributed by atoms with E-state index in [0.29, 0.717) is 17.8 Å². The van der Waals surface area contributed by atoms with Crippen molar-refractivity contribution in [3.05, 3.63) is 99.7 Å². The van der Waals surface area contributed by atoms with Gasteiger partial charge < -0.3 is 10.3 Å². The van der Waals surface area contributed by atoms with E-state index in [9.17, 15) is 14.0 Å². The lowest BCUT2D eigenvalue weighted by atomic mass is 10.1. The summed E-state index contributed by atoms with van der Waals surface area (Å²) in [6, 6.07) is 16.8. The fourth-order valence-electron chi connectivity index (χ4n) is 2.54. The number of amides is 1. The maximum absolute atomic E-state index is 13.2. The van der Waals surface area contributed by atoms with Crippen LogP contribution in [0.5, 0.6) is 0 Å². The Bertz CT molecular complexity index is 932. The third kappa shape index (κ3) is 3.25. The lowest BCUT2D eigenvalue weighted by molar-refractivity contribution is 0.0998. The molecule has 0 aliphatic rings. The SMILES string of the molecule is NC(=O)c1cn(-c2ccc(F)cc2)c(Cc2ccccc2)cc1=O. The fraction of sp³-hybridized carbons (Fsp3) is 0.0526. The maximum atomic E-state index is 13.2. The van der Waals surface area contributed by atoms with Gasteiger partial charge in [-0.2, -0.15) is 0 Å². The first-order valence-corrected chi connectivity index (χ1v) is 7.40. The Labute approximate surface area is 138 Å². The summed E-state index contributed by atoms with van der Waals surface area (Å²) in [6.45, 7) is 0. The second-order valence-corrected chi connectivity index (χ2v) is 5.42. The zero-order chi connectivity index (χ0) is 17.1. The Morgan fingerprint density at radius 1 is 1.04 bits per heavy atom. The van der Waals surface area contributed by atoms with Crippen molar-refractivity contribution in [2.24, 2.45) is 5.73 Å². The van der Waals surface area contributed by atoms with Crippen LogP contribution in [0.4, 0.5) is 4.39 Å². The van der Waals surface area contributed by atoms with Gasteiger partial charge in [-0.05, 0) is 29.8 Å². The predicted molar refractivity (Wildman–Crippen MR) is 89.8 cm³/mol. The standard InChI is InChI=1S/C19H15FN2O2/c20-14-6-8-15(9-7-14)22-12-17(19(21)24)18(23)11-16(22)10-13-4-2-1-3-5-13/h1-9,11-12H,10H2,(H2,21,24). The second-order valence-electron chi connectivity index (χ2n) is 5.42. The van der Waals surface area contributed by atoms with Crippen LogP contribution in [0.15, 0.2) is 71.7 Å². The number of halogens is 1. The Hall–Kier alpha value is -3.21. The van der Waals surface area contributed by atoms with Crippen molar-refractivity contribution in [3.63, 3.8) is 0 Å². The van der Waals surface area contributed by atoms with E-state index in [-0.39, 0.29) is 11.4 Å². The van der Waals surface area contributed by atoms with Crippen molar-refractivity contribution in [2.75, 3.05) is 0 Å². The van der Waals surface area contributed by atoms with E-state index < -0.39 is 11.3 Å². The minimum Gasteiger partial charge on any atom is -0.365 e. The molecule has 3 rings (SSSR count). The fourth-order valence-corrected chi connectivity index (χ4v) is 2.54. The molecule has 2 aromatic carbocycles. The molecule has 1 amide bonds. The Kier molecular flexibility index (Phi) is 4.24. The van der Waals surface area contributed by atoms with Crippen LogP contribution >= 0.6 is 0 Å². The van der Waals surface area contributed by atoms with Crippen LogP contribution in [0, 0.1) is 5.82 Å². The number of carbonyl (C=O) groups excluding carboxylic acids is 1. The van der Waals surface area contributed by atoms with Gasteiger partial charge in [-0.25, -0.2) is 4.39 Å². The van der Waals surface area contributed by atoms with Gasteiger partial charge in [0.15, 0.2) is 5.43 Å². The first-order chi connectivity index (χ1) is 11.5. The number of carbonyl (C=O) groups is 1. The van der Waals surface area contributed by atoms with Gasteiger partial charge in [0.25, 0.3) is 5.91 Å². The topological polar surface area (TPSA) is 65.1 Å². The molecule has 1 heterocycles. The van der Waals surface area contributed by atoms with Gasteiger partial charge in [-0.15, -0.1) is 0 Å². The molecule has 0 saturated carbocycles. The normalized spacial score (nSPS) is 10.5. The number of hydrogen-bond acceptors (Lipinski definition) is 2. The number of pyridine rings is 1. The van der Waals surface area contributed by atoms with Gasteiger partial charge in [-0.1, -0.05) is 30.3 Å². The highest BCUT2D eigenvalue weighted by atomic mass is 19.1. The van der Waals surface area contributed by atoms with Gasteiger partial charge >= 0.3 is 0 Å². The zero-order valence-electron chi connectivity index (χ0n) is 12.8. The van der Waals surface area contributed by atoms with Crippen LogP contribution in [-0.4, -0.2) is 10.5 Å². The summed E-state index contributed by atoms with van der Waals surface area (Å²) in [5.74, 6) is -1.15. The Morgan fingerprint density at radius 3 is 2.33 bits per heavy atom. The minimum absolute atomic E-state index is 0.101. The van der Waals surface area contributed by atoms with Crippen LogP contribution in [-0.2, 0) is 6.42 Å². The third-order valence-electron chi connectivity index (χ3n) is 3.73. The minimum atomic E-state index is -0.790. The second kappa shape index (κ2) is 6.50. The lowest BCUT2D eigenvalue weighted by Gasteiger charge is -2.15. The molecule has 0 saturated heterocycles. The summed E-state index contributed by atoms with van der Waals surface area (Å²) >= 11 is 0. The van der Waals surface area contributed by atoms with Crippen LogP contribution in [0.25, 0.3) is 5.69 Å². The molecule has 0 atom stereocenters. The predicted octanol–water partition coefficient (Wildman–Crippen LogP) is 2.67. The van der Waals surface area contributed by atoms with Crippen LogP contribution in [0.3, 0.4) is 0 Å². The number of aromatic nitrogens is 1. The molecule has 0 unspecified atom stereocenters. The summed E-state index contributed by atoms with van der Waals surface area (Å²) in [5, 5.41) is 0. The van der Waals surface area contributed by atoms with Crippen molar-refractivity contribution in [3.8, 4) is 5.69 Å². The largest absolute Gasteiger partial charge is 0.365 e. The summed E-state index contributed by atoms with van der Waals surface area (Å²) in [6.07, 6.45) is 1.91. The summed E-state index contributed by atoms with van der Waals surface area (Å²) in [5.41, 5.74) is 7.09. The molecular formula is C19H15FN2O2. The smallest absolute Gasteiger partial charge is 0.254 e. The molecule has 0 aliphatic heterocycles. The van der Waals surface area contributed by atoms with Gasteiger partial charge in [0.05, 0.1) is 0 Å².